The highest BCUT2D eigenvalue weighted by molar-refractivity contribution is 5.96. The lowest BCUT2D eigenvalue weighted by atomic mass is 10.2. The number of nitro groups is 1. The molecule has 1 aromatic rings. The number of hydrogen-bond donors (Lipinski definition) is 1. The van der Waals surface area contributed by atoms with Gasteiger partial charge in [0.25, 0.3) is 5.69 Å². The molecule has 8 heteroatoms. The summed E-state index contributed by atoms with van der Waals surface area (Å²) < 4.78 is 0. The van der Waals surface area contributed by atoms with Gasteiger partial charge >= 0.3 is 0 Å². The average Bonchev–Trinajstić information content (AvgIpc) is 2.55. The Hall–Kier alpha value is -2.48. The molecule has 0 saturated carbocycles. The standard InChI is InChI=1S/C16H24N4O4/c1-5-19(6-2)15(21)11-18(4)12(3)16(22)17-13-9-7-8-10-14(13)20(23)24/h7-10,12H,5-6,11H2,1-4H3,(H,17,22). The molecule has 1 unspecified atom stereocenters. The van der Waals surface area contributed by atoms with Crippen molar-refractivity contribution in [1.82, 2.24) is 9.80 Å². The van der Waals surface area contributed by atoms with E-state index in [1.165, 1.54) is 18.2 Å². The molecule has 8 nitrogen and oxygen atoms in total. The van der Waals surface area contributed by atoms with Crippen LogP contribution in [0, 0.1) is 10.1 Å². The number of rotatable bonds is 8. The number of amides is 2. The summed E-state index contributed by atoms with van der Waals surface area (Å²) in [5.41, 5.74) is -0.0252. The van der Waals surface area contributed by atoms with Crippen LogP contribution in [0.15, 0.2) is 24.3 Å². The number of nitrogens with zero attached hydrogens (tertiary/aromatic N) is 3. The second-order valence-electron chi connectivity index (χ2n) is 5.42. The zero-order valence-corrected chi connectivity index (χ0v) is 14.5. The molecule has 132 valence electrons. The Balaban J connectivity index is 2.74. The molecule has 0 aliphatic heterocycles. The van der Waals surface area contributed by atoms with E-state index in [9.17, 15) is 19.7 Å². The molecule has 0 aromatic heterocycles. The lowest BCUT2D eigenvalue weighted by molar-refractivity contribution is -0.383. The molecule has 0 radical (unpaired) electrons. The van der Waals surface area contributed by atoms with Crippen LogP contribution in [-0.4, -0.2) is 59.3 Å². The molecule has 0 fully saturated rings. The fourth-order valence-corrected chi connectivity index (χ4v) is 2.20. The van der Waals surface area contributed by atoms with Gasteiger partial charge in [0.15, 0.2) is 0 Å². The first-order valence-corrected chi connectivity index (χ1v) is 7.84. The van der Waals surface area contributed by atoms with Gasteiger partial charge in [-0.05, 0) is 33.9 Å². The van der Waals surface area contributed by atoms with Gasteiger partial charge < -0.3 is 10.2 Å². The van der Waals surface area contributed by atoms with Crippen LogP contribution in [0.2, 0.25) is 0 Å². The Kier molecular flexibility index (Phi) is 7.31. The molecule has 0 spiro atoms. The van der Waals surface area contributed by atoms with Gasteiger partial charge in [-0.1, -0.05) is 12.1 Å². The molecule has 0 heterocycles. The number of nitro benzene ring substituents is 1. The Labute approximate surface area is 141 Å². The lowest BCUT2D eigenvalue weighted by Gasteiger charge is -2.26. The van der Waals surface area contributed by atoms with E-state index in [2.05, 4.69) is 5.32 Å². The maximum absolute atomic E-state index is 12.3. The second kappa shape index (κ2) is 8.97. The van der Waals surface area contributed by atoms with Crippen molar-refractivity contribution in [2.45, 2.75) is 26.8 Å². The monoisotopic (exact) mass is 336 g/mol. The summed E-state index contributed by atoms with van der Waals surface area (Å²) in [7, 11) is 1.67. The van der Waals surface area contributed by atoms with Crippen molar-refractivity contribution in [3.8, 4) is 0 Å². The van der Waals surface area contributed by atoms with Gasteiger partial charge in [0.2, 0.25) is 11.8 Å². The summed E-state index contributed by atoms with van der Waals surface area (Å²) in [6.07, 6.45) is 0. The van der Waals surface area contributed by atoms with E-state index in [0.717, 1.165) is 0 Å². The van der Waals surface area contributed by atoms with Crippen LogP contribution in [0.4, 0.5) is 11.4 Å². The summed E-state index contributed by atoms with van der Waals surface area (Å²) in [5.74, 6) is -0.466. The molecule has 1 atom stereocenters. The first kappa shape index (κ1) is 19.6. The van der Waals surface area contributed by atoms with Crippen LogP contribution in [0.3, 0.4) is 0 Å². The minimum absolute atomic E-state index is 0.0622. The summed E-state index contributed by atoms with van der Waals surface area (Å²) in [5, 5.41) is 13.5. The van der Waals surface area contributed by atoms with Gasteiger partial charge in [-0.25, -0.2) is 0 Å². The molecule has 0 bridgehead atoms. The molecule has 1 aromatic carbocycles. The van der Waals surface area contributed by atoms with Crippen molar-refractivity contribution in [3.05, 3.63) is 34.4 Å². The number of carbonyl (C=O) groups excluding carboxylic acids is 2. The normalized spacial score (nSPS) is 11.9. The number of benzene rings is 1. The van der Waals surface area contributed by atoms with Crippen LogP contribution in [0.25, 0.3) is 0 Å². The first-order valence-electron chi connectivity index (χ1n) is 7.84. The Bertz CT molecular complexity index is 601. The van der Waals surface area contributed by atoms with Crippen molar-refractivity contribution < 1.29 is 14.5 Å². The molecule has 24 heavy (non-hydrogen) atoms. The lowest BCUT2D eigenvalue weighted by Crippen LogP contribution is -2.46. The van der Waals surface area contributed by atoms with Gasteiger partial charge in [0.1, 0.15) is 5.69 Å². The van der Waals surface area contributed by atoms with E-state index in [4.69, 9.17) is 0 Å². The van der Waals surface area contributed by atoms with Gasteiger partial charge in [-0.15, -0.1) is 0 Å². The number of likely N-dealkylation sites (N-methyl/N-ethyl adjacent to an activating group) is 2. The summed E-state index contributed by atoms with van der Waals surface area (Å²) in [6, 6.07) is 5.34. The fourth-order valence-electron chi connectivity index (χ4n) is 2.20. The number of anilines is 1. The largest absolute Gasteiger partial charge is 0.342 e. The van der Waals surface area contributed by atoms with E-state index < -0.39 is 16.9 Å². The number of hydrogen-bond acceptors (Lipinski definition) is 5. The number of carbonyl (C=O) groups is 2. The van der Waals surface area contributed by atoms with Gasteiger partial charge in [-0.2, -0.15) is 0 Å². The van der Waals surface area contributed by atoms with Crippen molar-refractivity contribution >= 4 is 23.2 Å². The van der Waals surface area contributed by atoms with Crippen molar-refractivity contribution in [3.63, 3.8) is 0 Å². The first-order chi connectivity index (χ1) is 11.3. The SMILES string of the molecule is CCN(CC)C(=O)CN(C)C(C)C(=O)Nc1ccccc1[N+](=O)[O-]. The molecule has 1 rings (SSSR count). The topological polar surface area (TPSA) is 95.8 Å². The molecule has 2 amide bonds. The minimum Gasteiger partial charge on any atom is -0.342 e. The van der Waals surface area contributed by atoms with Crippen molar-refractivity contribution in [1.29, 1.82) is 0 Å². The molecule has 0 saturated heterocycles. The van der Waals surface area contributed by atoms with Crippen molar-refractivity contribution in [2.75, 3.05) is 32.0 Å². The van der Waals surface area contributed by atoms with E-state index >= 15 is 0 Å². The molecular weight excluding hydrogens is 312 g/mol. The quantitative estimate of drug-likeness (QED) is 0.576. The van der Waals surface area contributed by atoms with E-state index in [-0.39, 0.29) is 23.8 Å². The second-order valence-corrected chi connectivity index (χ2v) is 5.42. The molecule has 0 aliphatic carbocycles. The minimum atomic E-state index is -0.607. The third kappa shape index (κ3) is 5.02. The highest BCUT2D eigenvalue weighted by Crippen LogP contribution is 2.23. The zero-order valence-electron chi connectivity index (χ0n) is 14.5. The van der Waals surface area contributed by atoms with Gasteiger partial charge in [0.05, 0.1) is 17.5 Å². The van der Waals surface area contributed by atoms with Crippen LogP contribution in [0.5, 0.6) is 0 Å². The summed E-state index contributed by atoms with van der Waals surface area (Å²) in [6.45, 7) is 6.77. The maximum atomic E-state index is 12.3. The highest BCUT2D eigenvalue weighted by atomic mass is 16.6. The molecule has 1 N–H and O–H groups in total. The van der Waals surface area contributed by atoms with E-state index in [0.29, 0.717) is 13.1 Å². The summed E-state index contributed by atoms with van der Waals surface area (Å²) in [4.78, 5) is 38.2. The predicted octanol–water partition coefficient (Wildman–Crippen LogP) is 1.72. The van der Waals surface area contributed by atoms with E-state index in [1.54, 1.807) is 29.8 Å². The van der Waals surface area contributed by atoms with Crippen LogP contribution in [0.1, 0.15) is 20.8 Å². The predicted molar refractivity (Wildman–Crippen MR) is 91.7 cm³/mol. The Morgan fingerprint density at radius 1 is 1.25 bits per heavy atom. The Morgan fingerprint density at radius 2 is 1.83 bits per heavy atom. The fraction of sp³-hybridized carbons (Fsp3) is 0.500. The van der Waals surface area contributed by atoms with Crippen molar-refractivity contribution in [2.24, 2.45) is 0 Å². The van der Waals surface area contributed by atoms with Crippen LogP contribution >= 0.6 is 0 Å². The smallest absolute Gasteiger partial charge is 0.292 e. The third-order valence-corrected chi connectivity index (χ3v) is 3.90. The van der Waals surface area contributed by atoms with Gasteiger partial charge in [-0.3, -0.25) is 24.6 Å². The summed E-state index contributed by atoms with van der Waals surface area (Å²) >= 11 is 0. The zero-order chi connectivity index (χ0) is 18.3. The molecular formula is C16H24N4O4. The maximum Gasteiger partial charge on any atom is 0.292 e. The average molecular weight is 336 g/mol. The van der Waals surface area contributed by atoms with E-state index in [1.807, 2.05) is 13.8 Å². The number of nitrogens with one attached hydrogen (secondary N) is 1. The Morgan fingerprint density at radius 3 is 2.38 bits per heavy atom. The number of para-hydroxylation sites is 2. The van der Waals surface area contributed by atoms with Gasteiger partial charge in [0, 0.05) is 19.2 Å². The van der Waals surface area contributed by atoms with Crippen LogP contribution in [-0.2, 0) is 9.59 Å². The molecule has 0 aliphatic rings. The highest BCUT2D eigenvalue weighted by Gasteiger charge is 2.24. The van der Waals surface area contributed by atoms with Crippen LogP contribution < -0.4 is 5.32 Å². The third-order valence-electron chi connectivity index (χ3n) is 3.90.